The second-order valence-electron chi connectivity index (χ2n) is 3.18. The summed E-state index contributed by atoms with van der Waals surface area (Å²) in [6.07, 6.45) is 2.88. The summed E-state index contributed by atoms with van der Waals surface area (Å²) in [6.45, 7) is 5.42. The van der Waals surface area contributed by atoms with E-state index < -0.39 is 0 Å². The minimum atomic E-state index is 0.268. The minimum Gasteiger partial charge on any atom is -0.339 e. The third-order valence-corrected chi connectivity index (χ3v) is 2.51. The van der Waals surface area contributed by atoms with Crippen LogP contribution in [0, 0.1) is 0 Å². The van der Waals surface area contributed by atoms with E-state index in [1.807, 2.05) is 4.90 Å². The van der Waals surface area contributed by atoms with Gasteiger partial charge in [-0.1, -0.05) is 6.58 Å². The van der Waals surface area contributed by atoms with E-state index in [9.17, 15) is 4.79 Å². The van der Waals surface area contributed by atoms with Crippen molar-refractivity contribution in [2.24, 2.45) is 0 Å². The van der Waals surface area contributed by atoms with E-state index in [2.05, 4.69) is 19.2 Å². The fourth-order valence-electron chi connectivity index (χ4n) is 1.35. The van der Waals surface area contributed by atoms with Crippen LogP contribution in [0.1, 0.15) is 19.3 Å². The molecule has 1 amide bonds. The fourth-order valence-corrected chi connectivity index (χ4v) is 1.45. The number of hydrogen-bond donors (Lipinski definition) is 1. The van der Waals surface area contributed by atoms with Crippen molar-refractivity contribution in [3.63, 3.8) is 0 Å². The van der Waals surface area contributed by atoms with Gasteiger partial charge in [0.15, 0.2) is 0 Å². The minimum absolute atomic E-state index is 0.268. The van der Waals surface area contributed by atoms with Crippen LogP contribution in [0.2, 0.25) is 0 Å². The molecule has 68 valence electrons. The summed E-state index contributed by atoms with van der Waals surface area (Å²) >= 11 is 4.11. The van der Waals surface area contributed by atoms with Crippen molar-refractivity contribution in [2.45, 2.75) is 19.3 Å². The van der Waals surface area contributed by atoms with Crippen LogP contribution in [0.5, 0.6) is 0 Å². The number of likely N-dealkylation sites (tertiary alicyclic amines) is 1. The Bertz CT molecular complexity index is 191. The molecule has 0 spiro atoms. The normalized spacial score (nSPS) is 18.1. The second kappa shape index (κ2) is 4.55. The van der Waals surface area contributed by atoms with Gasteiger partial charge >= 0.3 is 0 Å². The maximum absolute atomic E-state index is 11.3. The molecule has 1 rings (SSSR count). The molecule has 0 aliphatic carbocycles. The van der Waals surface area contributed by atoms with Crippen molar-refractivity contribution in [3.05, 3.63) is 12.2 Å². The molecule has 1 fully saturated rings. The van der Waals surface area contributed by atoms with Gasteiger partial charge in [0.1, 0.15) is 0 Å². The summed E-state index contributed by atoms with van der Waals surface area (Å²) in [4.78, 5) is 13.2. The van der Waals surface area contributed by atoms with E-state index in [0.717, 1.165) is 25.0 Å². The van der Waals surface area contributed by atoms with E-state index in [1.165, 1.54) is 0 Å². The molecular weight excluding hydrogens is 170 g/mol. The van der Waals surface area contributed by atoms with Crippen LogP contribution >= 0.6 is 12.6 Å². The van der Waals surface area contributed by atoms with Gasteiger partial charge in [-0.3, -0.25) is 4.79 Å². The summed E-state index contributed by atoms with van der Waals surface area (Å²) in [5.41, 5.74) is 1.02. The molecule has 0 atom stereocenters. The Balaban J connectivity index is 2.39. The summed E-state index contributed by atoms with van der Waals surface area (Å²) in [7, 11) is 0. The molecule has 2 nitrogen and oxygen atoms in total. The number of nitrogens with zero attached hydrogens (tertiary/aromatic N) is 1. The molecule has 1 aliphatic rings. The smallest absolute Gasteiger partial charge is 0.222 e. The van der Waals surface area contributed by atoms with Gasteiger partial charge in [-0.05, 0) is 18.4 Å². The molecule has 0 aromatic carbocycles. The van der Waals surface area contributed by atoms with Gasteiger partial charge in [0.25, 0.3) is 0 Å². The van der Waals surface area contributed by atoms with Crippen LogP contribution in [0.25, 0.3) is 0 Å². The number of carbonyl (C=O) groups is 1. The topological polar surface area (TPSA) is 20.3 Å². The Hall–Kier alpha value is -0.440. The molecule has 1 saturated heterocycles. The highest BCUT2D eigenvalue weighted by Gasteiger charge is 2.17. The van der Waals surface area contributed by atoms with Crippen molar-refractivity contribution < 1.29 is 4.79 Å². The number of carbonyl (C=O) groups excluding carboxylic acids is 1. The maximum atomic E-state index is 11.3. The van der Waals surface area contributed by atoms with Crippen LogP contribution in [0.4, 0.5) is 0 Å². The lowest BCUT2D eigenvalue weighted by molar-refractivity contribution is -0.132. The molecule has 1 aliphatic heterocycles. The zero-order valence-corrected chi connectivity index (χ0v) is 8.15. The zero-order valence-electron chi connectivity index (χ0n) is 7.25. The average molecular weight is 185 g/mol. The highest BCUT2D eigenvalue weighted by molar-refractivity contribution is 7.80. The molecule has 12 heavy (non-hydrogen) atoms. The van der Waals surface area contributed by atoms with E-state index in [0.29, 0.717) is 18.7 Å². The molecule has 0 aromatic rings. The molecule has 0 unspecified atom stereocenters. The lowest BCUT2D eigenvalue weighted by atomic mass is 10.1. The van der Waals surface area contributed by atoms with Crippen LogP contribution in [0.3, 0.4) is 0 Å². The quantitative estimate of drug-likeness (QED) is 0.521. The molecule has 0 saturated carbocycles. The van der Waals surface area contributed by atoms with E-state index in [4.69, 9.17) is 0 Å². The largest absolute Gasteiger partial charge is 0.339 e. The highest BCUT2D eigenvalue weighted by atomic mass is 32.1. The lowest BCUT2D eigenvalue weighted by Crippen LogP contribution is -2.36. The van der Waals surface area contributed by atoms with Gasteiger partial charge in [-0.25, -0.2) is 0 Å². The second-order valence-corrected chi connectivity index (χ2v) is 3.50. The van der Waals surface area contributed by atoms with Gasteiger partial charge in [-0.15, -0.1) is 0 Å². The molecule has 0 radical (unpaired) electrons. The zero-order chi connectivity index (χ0) is 8.97. The van der Waals surface area contributed by atoms with Gasteiger partial charge in [-0.2, -0.15) is 12.6 Å². The Kier molecular flexibility index (Phi) is 3.66. The van der Waals surface area contributed by atoms with Crippen LogP contribution in [0.15, 0.2) is 12.2 Å². The Morgan fingerprint density at radius 1 is 1.58 bits per heavy atom. The average Bonchev–Trinajstić information content (AvgIpc) is 2.09. The summed E-state index contributed by atoms with van der Waals surface area (Å²) in [5, 5.41) is 0. The Labute approximate surface area is 79.0 Å². The van der Waals surface area contributed by atoms with Crippen LogP contribution in [-0.4, -0.2) is 29.6 Å². The first-order chi connectivity index (χ1) is 5.74. The SMILES string of the molecule is C=C(CS)CN1CCCCC1=O. The van der Waals surface area contributed by atoms with Crippen molar-refractivity contribution >= 4 is 18.5 Å². The van der Waals surface area contributed by atoms with Gasteiger partial charge in [0.2, 0.25) is 5.91 Å². The van der Waals surface area contributed by atoms with Crippen molar-refractivity contribution in [3.8, 4) is 0 Å². The van der Waals surface area contributed by atoms with Crippen LogP contribution in [-0.2, 0) is 4.79 Å². The Morgan fingerprint density at radius 2 is 2.33 bits per heavy atom. The molecule has 0 N–H and O–H groups in total. The molecule has 0 bridgehead atoms. The summed E-state index contributed by atoms with van der Waals surface area (Å²) in [5.74, 6) is 0.938. The third-order valence-electron chi connectivity index (χ3n) is 2.06. The molecule has 1 heterocycles. The number of piperidine rings is 1. The first-order valence-electron chi connectivity index (χ1n) is 4.29. The predicted molar refractivity (Wildman–Crippen MR) is 53.4 cm³/mol. The van der Waals surface area contributed by atoms with Gasteiger partial charge in [0, 0.05) is 25.3 Å². The third kappa shape index (κ3) is 2.55. The molecule has 3 heteroatoms. The fraction of sp³-hybridized carbons (Fsp3) is 0.667. The van der Waals surface area contributed by atoms with E-state index in [-0.39, 0.29) is 5.91 Å². The van der Waals surface area contributed by atoms with Crippen LogP contribution < -0.4 is 0 Å². The number of hydrogen-bond acceptors (Lipinski definition) is 2. The van der Waals surface area contributed by atoms with E-state index >= 15 is 0 Å². The highest BCUT2D eigenvalue weighted by Crippen LogP contribution is 2.11. The number of amides is 1. The van der Waals surface area contributed by atoms with Gasteiger partial charge in [0.05, 0.1) is 0 Å². The summed E-state index contributed by atoms with van der Waals surface area (Å²) in [6, 6.07) is 0. The van der Waals surface area contributed by atoms with Crippen molar-refractivity contribution in [2.75, 3.05) is 18.8 Å². The lowest BCUT2D eigenvalue weighted by Gasteiger charge is -2.27. The van der Waals surface area contributed by atoms with E-state index in [1.54, 1.807) is 0 Å². The predicted octanol–water partition coefficient (Wildman–Crippen LogP) is 1.48. The summed E-state index contributed by atoms with van der Waals surface area (Å²) < 4.78 is 0. The standard InChI is InChI=1S/C9H15NOS/c1-8(7-12)6-10-5-3-2-4-9(10)11/h12H,1-7H2. The number of rotatable bonds is 3. The Morgan fingerprint density at radius 3 is 2.92 bits per heavy atom. The first kappa shape index (κ1) is 9.65. The molecular formula is C9H15NOS. The number of thiol groups is 1. The maximum Gasteiger partial charge on any atom is 0.222 e. The van der Waals surface area contributed by atoms with Crippen molar-refractivity contribution in [1.82, 2.24) is 4.90 Å². The monoisotopic (exact) mass is 185 g/mol. The first-order valence-corrected chi connectivity index (χ1v) is 4.92. The van der Waals surface area contributed by atoms with Gasteiger partial charge < -0.3 is 4.90 Å². The van der Waals surface area contributed by atoms with Crippen molar-refractivity contribution in [1.29, 1.82) is 0 Å². The molecule has 0 aromatic heterocycles.